The van der Waals surface area contributed by atoms with Crippen LogP contribution in [0.5, 0.6) is 0 Å². The molecule has 1 unspecified atom stereocenters. The number of sulfonamides is 1. The van der Waals surface area contributed by atoms with Crippen molar-refractivity contribution in [1.29, 1.82) is 0 Å². The van der Waals surface area contributed by atoms with Crippen LogP contribution in [0.15, 0.2) is 29.2 Å². The van der Waals surface area contributed by atoms with E-state index in [9.17, 15) is 13.2 Å². The normalized spacial score (nSPS) is 17.8. The van der Waals surface area contributed by atoms with Gasteiger partial charge in [0.25, 0.3) is 0 Å². The Bertz CT molecular complexity index is 621. The van der Waals surface area contributed by atoms with Crippen molar-refractivity contribution in [3.05, 3.63) is 29.3 Å². The highest BCUT2D eigenvalue weighted by Crippen LogP contribution is 2.21. The lowest BCUT2D eigenvalue weighted by molar-refractivity contribution is -0.120. The van der Waals surface area contributed by atoms with Gasteiger partial charge >= 0.3 is 0 Å². The number of nitrogens with two attached hydrogens (primary N) is 1. The average molecular weight is 354 g/mol. The molecule has 0 saturated carbocycles. The number of nitrogens with zero attached hydrogens (tertiary/aromatic N) is 1. The van der Waals surface area contributed by atoms with Crippen LogP contribution in [0.25, 0.3) is 0 Å². The van der Waals surface area contributed by atoms with Crippen LogP contribution >= 0.6 is 11.6 Å². The number of piperidine rings is 1. The summed E-state index contributed by atoms with van der Waals surface area (Å²) in [5, 5.41) is 4.42. The molecule has 1 aliphatic heterocycles. The molecule has 1 atom stereocenters. The van der Waals surface area contributed by atoms with Crippen LogP contribution in [0, 0.1) is 0 Å². The second kappa shape index (κ2) is 7.97. The van der Waals surface area contributed by atoms with Crippen molar-refractivity contribution in [2.75, 3.05) is 13.1 Å². The molecule has 1 aromatic carbocycles. The molecule has 10 heteroatoms. The summed E-state index contributed by atoms with van der Waals surface area (Å²) in [5.41, 5.74) is 0. The van der Waals surface area contributed by atoms with Crippen LogP contribution in [-0.2, 0) is 26.1 Å². The largest absolute Gasteiger partial charge is 0.760 e. The third kappa shape index (κ3) is 5.81. The number of hydrogen-bond acceptors (Lipinski definition) is 5. The van der Waals surface area contributed by atoms with Crippen molar-refractivity contribution < 1.29 is 22.0 Å². The van der Waals surface area contributed by atoms with E-state index in [0.29, 0.717) is 17.9 Å². The molecule has 1 heterocycles. The molecular formula is C11H14ClN2O5S2-. The summed E-state index contributed by atoms with van der Waals surface area (Å²) < 4.78 is 43.3. The lowest BCUT2D eigenvalue weighted by atomic mass is 10.1. The van der Waals surface area contributed by atoms with Gasteiger partial charge in [-0.3, -0.25) is 14.1 Å². The molecule has 0 radical (unpaired) electrons. The maximum atomic E-state index is 12.2. The van der Waals surface area contributed by atoms with E-state index in [1.165, 1.54) is 16.4 Å². The van der Waals surface area contributed by atoms with Gasteiger partial charge in [0.2, 0.25) is 10.0 Å². The maximum Gasteiger partial charge on any atom is 0.243 e. The molecule has 1 saturated heterocycles. The zero-order valence-corrected chi connectivity index (χ0v) is 13.3. The molecule has 0 spiro atoms. The van der Waals surface area contributed by atoms with Gasteiger partial charge in [-0.2, -0.15) is 4.31 Å². The van der Waals surface area contributed by atoms with Crippen LogP contribution < -0.4 is 5.14 Å². The highest BCUT2D eigenvalue weighted by molar-refractivity contribution is 7.89. The standard InChI is InChI=1S/C11H12ClNO3S.H3NO2S/c12-9-2-1-3-11(8-9)17(15,16)13-6-4-10(14)5-7-13;1-4(2)3/h1-3,8H,4-7H2;1H2,(H,2,3)/p-1. The number of Topliss-reactive ketones (excluding diaryl/α,β-unsaturated/α-hetero) is 1. The minimum Gasteiger partial charge on any atom is -0.760 e. The Labute approximate surface area is 130 Å². The molecule has 2 N–H and O–H groups in total. The first kappa shape index (κ1) is 18.2. The number of rotatable bonds is 2. The lowest BCUT2D eigenvalue weighted by Crippen LogP contribution is -2.38. The van der Waals surface area contributed by atoms with Crippen molar-refractivity contribution >= 4 is 38.7 Å². The molecule has 2 rings (SSSR count). The summed E-state index contributed by atoms with van der Waals surface area (Å²) in [6.45, 7) is 0.515. The number of hydrogen-bond donors (Lipinski definition) is 1. The highest BCUT2D eigenvalue weighted by atomic mass is 35.5. The molecular weight excluding hydrogens is 340 g/mol. The van der Waals surface area contributed by atoms with E-state index >= 15 is 0 Å². The summed E-state index contributed by atoms with van der Waals surface area (Å²) in [5.74, 6) is 0.113. The fourth-order valence-electron chi connectivity index (χ4n) is 1.75. The molecule has 0 aliphatic carbocycles. The molecule has 0 aromatic heterocycles. The number of ketones is 1. The Morgan fingerprint density at radius 3 is 2.29 bits per heavy atom. The van der Waals surface area contributed by atoms with Crippen molar-refractivity contribution in [2.24, 2.45) is 5.14 Å². The molecule has 1 aromatic rings. The third-order valence-corrected chi connectivity index (χ3v) is 4.84. The van der Waals surface area contributed by atoms with E-state index in [1.54, 1.807) is 12.1 Å². The first-order valence-corrected chi connectivity index (χ1v) is 8.80. The van der Waals surface area contributed by atoms with Gasteiger partial charge in [0.15, 0.2) is 0 Å². The Kier molecular flexibility index (Phi) is 6.91. The van der Waals surface area contributed by atoms with Gasteiger partial charge in [0.1, 0.15) is 5.78 Å². The quantitative estimate of drug-likeness (QED) is 0.773. The molecule has 0 bridgehead atoms. The second-order valence-electron chi connectivity index (χ2n) is 4.16. The Morgan fingerprint density at radius 2 is 1.81 bits per heavy atom. The van der Waals surface area contributed by atoms with Gasteiger partial charge in [0, 0.05) is 42.2 Å². The van der Waals surface area contributed by atoms with Gasteiger partial charge in [0.05, 0.1) is 4.90 Å². The molecule has 1 aliphatic rings. The summed E-state index contributed by atoms with van der Waals surface area (Å²) in [4.78, 5) is 11.3. The topological polar surface area (TPSA) is 121 Å². The minimum atomic E-state index is -3.51. The lowest BCUT2D eigenvalue weighted by Gasteiger charge is -2.25. The Balaban J connectivity index is 0.000000491. The van der Waals surface area contributed by atoms with Crippen molar-refractivity contribution in [1.82, 2.24) is 4.31 Å². The summed E-state index contributed by atoms with van der Waals surface area (Å²) >= 11 is 3.41. The second-order valence-corrected chi connectivity index (χ2v) is 7.06. The third-order valence-electron chi connectivity index (χ3n) is 2.71. The van der Waals surface area contributed by atoms with E-state index in [1.807, 2.05) is 0 Å². The van der Waals surface area contributed by atoms with Gasteiger partial charge < -0.3 is 4.55 Å². The fraction of sp³-hybridized carbons (Fsp3) is 0.364. The van der Waals surface area contributed by atoms with Crippen LogP contribution in [0.2, 0.25) is 5.02 Å². The van der Waals surface area contributed by atoms with Gasteiger partial charge in [-0.05, 0) is 18.2 Å². The predicted octanol–water partition coefficient (Wildman–Crippen LogP) is 0.433. The number of halogens is 1. The zero-order valence-electron chi connectivity index (χ0n) is 10.9. The smallest absolute Gasteiger partial charge is 0.243 e. The van der Waals surface area contributed by atoms with Gasteiger partial charge in [-0.25, -0.2) is 8.42 Å². The first-order chi connectivity index (χ1) is 9.73. The summed E-state index contributed by atoms with van der Waals surface area (Å²) in [6.07, 6.45) is 0.583. The molecule has 118 valence electrons. The molecule has 21 heavy (non-hydrogen) atoms. The fourth-order valence-corrected chi connectivity index (χ4v) is 3.50. The Hall–Kier alpha value is -0.840. The van der Waals surface area contributed by atoms with E-state index < -0.39 is 21.3 Å². The molecule has 1 fully saturated rings. The van der Waals surface area contributed by atoms with Crippen LogP contribution in [0.1, 0.15) is 12.8 Å². The van der Waals surface area contributed by atoms with Crippen molar-refractivity contribution in [3.63, 3.8) is 0 Å². The van der Waals surface area contributed by atoms with Crippen molar-refractivity contribution in [3.8, 4) is 0 Å². The zero-order chi connectivity index (χ0) is 16.0. The van der Waals surface area contributed by atoms with Gasteiger partial charge in [-0.15, -0.1) is 0 Å². The number of carbonyl (C=O) groups excluding carboxylic acids is 1. The van der Waals surface area contributed by atoms with E-state index in [4.69, 9.17) is 20.4 Å². The minimum absolute atomic E-state index is 0.113. The highest BCUT2D eigenvalue weighted by Gasteiger charge is 2.28. The number of carbonyl (C=O) groups is 1. The molecule has 0 amide bonds. The monoisotopic (exact) mass is 353 g/mol. The van der Waals surface area contributed by atoms with Gasteiger partial charge in [-0.1, -0.05) is 17.7 Å². The van der Waals surface area contributed by atoms with Crippen LogP contribution in [0.3, 0.4) is 0 Å². The Morgan fingerprint density at radius 1 is 1.29 bits per heavy atom. The average Bonchev–Trinajstić information content (AvgIpc) is 2.38. The number of benzene rings is 1. The van der Waals surface area contributed by atoms with Crippen molar-refractivity contribution in [2.45, 2.75) is 17.7 Å². The van der Waals surface area contributed by atoms with E-state index in [0.717, 1.165) is 0 Å². The van der Waals surface area contributed by atoms with Crippen LogP contribution in [0.4, 0.5) is 0 Å². The first-order valence-electron chi connectivity index (χ1n) is 5.84. The molecule has 7 nitrogen and oxygen atoms in total. The summed E-state index contributed by atoms with van der Waals surface area (Å²) in [7, 11) is -3.51. The summed E-state index contributed by atoms with van der Waals surface area (Å²) in [6, 6.07) is 6.16. The van der Waals surface area contributed by atoms with Crippen LogP contribution in [-0.4, -0.2) is 40.4 Å². The van der Waals surface area contributed by atoms with E-state index in [-0.39, 0.29) is 23.8 Å². The van der Waals surface area contributed by atoms with E-state index in [2.05, 4.69) is 5.14 Å². The predicted molar refractivity (Wildman–Crippen MR) is 77.6 cm³/mol. The SMILES string of the molecule is NS(=O)[O-].O=C1CCN(S(=O)(=O)c2cccc(Cl)c2)CC1. The maximum absolute atomic E-state index is 12.2.